The maximum Gasteiger partial charge on any atom is 0.130 e. The molecule has 0 N–H and O–H groups in total. The highest BCUT2D eigenvalue weighted by Gasteiger charge is 2.26. The third kappa shape index (κ3) is 2.43. The van der Waals surface area contributed by atoms with E-state index >= 15 is 0 Å². The molecule has 4 nitrogen and oxygen atoms in total. The summed E-state index contributed by atoms with van der Waals surface area (Å²) in [7, 11) is 2.05. The van der Waals surface area contributed by atoms with Crippen molar-refractivity contribution in [2.75, 3.05) is 31.1 Å². The first-order valence-corrected chi connectivity index (χ1v) is 7.78. The predicted molar refractivity (Wildman–Crippen MR) is 79.5 cm³/mol. The first-order chi connectivity index (χ1) is 8.58. The molecule has 1 aromatic heterocycles. The highest BCUT2D eigenvalue weighted by atomic mass is 79.9. The Morgan fingerprint density at radius 2 is 2.11 bits per heavy atom. The van der Waals surface area contributed by atoms with Crippen molar-refractivity contribution in [2.24, 2.45) is 7.05 Å². The molecule has 0 bridgehead atoms. The summed E-state index contributed by atoms with van der Waals surface area (Å²) in [4.78, 5) is 5.01. The van der Waals surface area contributed by atoms with Crippen LogP contribution in [0.25, 0.3) is 0 Å². The third-order valence-corrected chi connectivity index (χ3v) is 4.48. The van der Waals surface area contributed by atoms with E-state index in [4.69, 9.17) is 0 Å². The van der Waals surface area contributed by atoms with Gasteiger partial charge in [-0.3, -0.25) is 9.58 Å². The van der Waals surface area contributed by atoms with Gasteiger partial charge in [0.1, 0.15) is 5.82 Å². The van der Waals surface area contributed by atoms with Crippen molar-refractivity contribution in [1.82, 2.24) is 14.7 Å². The Kier molecular flexibility index (Phi) is 4.33. The van der Waals surface area contributed by atoms with E-state index in [2.05, 4.69) is 51.6 Å². The third-order valence-electron chi connectivity index (χ3n) is 3.92. The predicted octanol–water partition coefficient (Wildman–Crippen LogP) is 2.15. The fourth-order valence-corrected chi connectivity index (χ4v) is 3.56. The summed E-state index contributed by atoms with van der Waals surface area (Å²) in [5, 5.41) is 5.43. The molecule has 0 radical (unpaired) electrons. The second-order valence-electron chi connectivity index (χ2n) is 5.07. The van der Waals surface area contributed by atoms with Crippen LogP contribution in [-0.2, 0) is 12.4 Å². The molecule has 0 spiro atoms. The molecular formula is C13H23BrN4. The molecule has 1 fully saturated rings. The number of rotatable bonds is 3. The van der Waals surface area contributed by atoms with Gasteiger partial charge in [-0.1, -0.05) is 22.9 Å². The number of halogens is 1. The van der Waals surface area contributed by atoms with Crippen molar-refractivity contribution >= 4 is 21.7 Å². The number of aryl methyl sites for hydroxylation is 2. The van der Waals surface area contributed by atoms with Crippen LogP contribution < -0.4 is 4.90 Å². The van der Waals surface area contributed by atoms with E-state index in [1.54, 1.807) is 0 Å². The number of aromatic nitrogens is 2. The molecule has 0 saturated carbocycles. The zero-order chi connectivity index (χ0) is 13.3. The number of piperazine rings is 1. The van der Waals surface area contributed by atoms with Gasteiger partial charge < -0.3 is 4.90 Å². The fraction of sp³-hybridized carbons (Fsp3) is 0.769. The summed E-state index contributed by atoms with van der Waals surface area (Å²) in [6, 6.07) is 0.613. The van der Waals surface area contributed by atoms with Gasteiger partial charge in [0, 0.05) is 43.6 Å². The molecule has 5 heteroatoms. The number of alkyl halides is 1. The average molecular weight is 315 g/mol. The minimum absolute atomic E-state index is 0.613. The molecule has 1 atom stereocenters. The largest absolute Gasteiger partial charge is 0.354 e. The van der Waals surface area contributed by atoms with Crippen molar-refractivity contribution < 1.29 is 0 Å². The summed E-state index contributed by atoms with van der Waals surface area (Å²) < 4.78 is 2.03. The molecule has 1 unspecified atom stereocenters. The summed E-state index contributed by atoms with van der Waals surface area (Å²) in [5.41, 5.74) is 2.46. The Morgan fingerprint density at radius 3 is 2.67 bits per heavy atom. The van der Waals surface area contributed by atoms with Crippen LogP contribution in [0.4, 0.5) is 5.82 Å². The standard InChI is InChI=1S/C13H23BrN4/c1-5-17-6-7-18(9-10(17)2)13-12(8-14)11(3)15-16(13)4/h10H,5-9H2,1-4H3. The van der Waals surface area contributed by atoms with Gasteiger partial charge in [0.15, 0.2) is 0 Å². The lowest BCUT2D eigenvalue weighted by Gasteiger charge is -2.40. The van der Waals surface area contributed by atoms with Gasteiger partial charge >= 0.3 is 0 Å². The normalized spacial score (nSPS) is 21.6. The van der Waals surface area contributed by atoms with E-state index < -0.39 is 0 Å². The van der Waals surface area contributed by atoms with Crippen molar-refractivity contribution in [3.63, 3.8) is 0 Å². The number of hydrogen-bond acceptors (Lipinski definition) is 3. The minimum Gasteiger partial charge on any atom is -0.354 e. The molecular weight excluding hydrogens is 292 g/mol. The van der Waals surface area contributed by atoms with Crippen molar-refractivity contribution in [3.05, 3.63) is 11.3 Å². The molecule has 0 amide bonds. The summed E-state index contributed by atoms with van der Waals surface area (Å²) >= 11 is 3.59. The molecule has 0 aromatic carbocycles. The lowest BCUT2D eigenvalue weighted by atomic mass is 10.1. The molecule has 2 heterocycles. The number of likely N-dealkylation sites (N-methyl/N-ethyl adjacent to an activating group) is 1. The minimum atomic E-state index is 0.613. The number of hydrogen-bond donors (Lipinski definition) is 0. The van der Waals surface area contributed by atoms with Crippen LogP contribution >= 0.6 is 15.9 Å². The van der Waals surface area contributed by atoms with E-state index in [1.807, 2.05) is 11.7 Å². The van der Waals surface area contributed by atoms with Gasteiger partial charge in [-0.25, -0.2) is 0 Å². The van der Waals surface area contributed by atoms with Gasteiger partial charge in [0.25, 0.3) is 0 Å². The van der Waals surface area contributed by atoms with Gasteiger partial charge in [-0.05, 0) is 20.4 Å². The van der Waals surface area contributed by atoms with E-state index in [0.29, 0.717) is 6.04 Å². The Hall–Kier alpha value is -0.550. The topological polar surface area (TPSA) is 24.3 Å². The Bertz CT molecular complexity index is 415. The van der Waals surface area contributed by atoms with Crippen molar-refractivity contribution in [3.8, 4) is 0 Å². The Morgan fingerprint density at radius 1 is 1.39 bits per heavy atom. The lowest BCUT2D eigenvalue weighted by Crippen LogP contribution is -2.52. The van der Waals surface area contributed by atoms with Crippen molar-refractivity contribution in [1.29, 1.82) is 0 Å². The lowest BCUT2D eigenvalue weighted by molar-refractivity contribution is 0.198. The maximum absolute atomic E-state index is 4.55. The highest BCUT2D eigenvalue weighted by Crippen LogP contribution is 2.27. The molecule has 102 valence electrons. The Labute approximate surface area is 118 Å². The second kappa shape index (κ2) is 5.61. The molecule has 1 aliphatic heterocycles. The first kappa shape index (κ1) is 13.9. The Balaban J connectivity index is 2.23. The van der Waals surface area contributed by atoms with E-state index in [9.17, 15) is 0 Å². The van der Waals surface area contributed by atoms with Crippen LogP contribution in [0, 0.1) is 6.92 Å². The average Bonchev–Trinajstić information content (AvgIpc) is 2.63. The van der Waals surface area contributed by atoms with Crippen LogP contribution in [-0.4, -0.2) is 46.9 Å². The number of nitrogens with zero attached hydrogens (tertiary/aromatic N) is 4. The fourth-order valence-electron chi connectivity index (χ4n) is 2.90. The molecule has 1 aliphatic rings. The van der Waals surface area contributed by atoms with Gasteiger partial charge in [-0.2, -0.15) is 5.10 Å². The molecule has 18 heavy (non-hydrogen) atoms. The smallest absolute Gasteiger partial charge is 0.130 e. The van der Waals surface area contributed by atoms with Gasteiger partial charge in [0.05, 0.1) is 5.69 Å². The second-order valence-corrected chi connectivity index (χ2v) is 5.63. The molecule has 2 rings (SSSR count). The van der Waals surface area contributed by atoms with E-state index in [1.165, 1.54) is 11.4 Å². The molecule has 0 aliphatic carbocycles. The molecule has 1 aromatic rings. The summed E-state index contributed by atoms with van der Waals surface area (Å²) in [6.07, 6.45) is 0. The van der Waals surface area contributed by atoms with Crippen molar-refractivity contribution in [2.45, 2.75) is 32.1 Å². The van der Waals surface area contributed by atoms with Gasteiger partial charge in [0.2, 0.25) is 0 Å². The quantitative estimate of drug-likeness (QED) is 0.799. The summed E-state index contributed by atoms with van der Waals surface area (Å²) in [5.74, 6) is 1.28. The van der Waals surface area contributed by atoms with Crippen LogP contribution in [0.3, 0.4) is 0 Å². The van der Waals surface area contributed by atoms with Gasteiger partial charge in [-0.15, -0.1) is 0 Å². The zero-order valence-corrected chi connectivity index (χ0v) is 13.4. The monoisotopic (exact) mass is 314 g/mol. The number of anilines is 1. The zero-order valence-electron chi connectivity index (χ0n) is 11.8. The van der Waals surface area contributed by atoms with Crippen LogP contribution in [0.5, 0.6) is 0 Å². The molecule has 1 saturated heterocycles. The van der Waals surface area contributed by atoms with E-state index in [-0.39, 0.29) is 0 Å². The van der Waals surface area contributed by atoms with Crippen LogP contribution in [0.15, 0.2) is 0 Å². The van der Waals surface area contributed by atoms with Crippen LogP contribution in [0.1, 0.15) is 25.1 Å². The van der Waals surface area contributed by atoms with E-state index in [0.717, 1.165) is 37.2 Å². The SMILES string of the molecule is CCN1CCN(c2c(CBr)c(C)nn2C)CC1C. The first-order valence-electron chi connectivity index (χ1n) is 6.65. The highest BCUT2D eigenvalue weighted by molar-refractivity contribution is 9.08. The van der Waals surface area contributed by atoms with Crippen LogP contribution in [0.2, 0.25) is 0 Å². The maximum atomic E-state index is 4.55. The summed E-state index contributed by atoms with van der Waals surface area (Å²) in [6.45, 7) is 11.1.